The molecule has 0 saturated heterocycles. The molecule has 1 aliphatic rings. The molecule has 0 spiro atoms. The second-order valence-electron chi connectivity index (χ2n) is 3.87. The predicted octanol–water partition coefficient (Wildman–Crippen LogP) is 5.27. The van der Waals surface area contributed by atoms with E-state index in [0.717, 1.165) is 19.7 Å². The van der Waals surface area contributed by atoms with Crippen LogP contribution < -0.4 is 14.8 Å². The van der Waals surface area contributed by atoms with E-state index in [-0.39, 0.29) is 6.79 Å². The summed E-state index contributed by atoms with van der Waals surface area (Å²) < 4.78 is 12.8. The third kappa shape index (κ3) is 2.86. The van der Waals surface area contributed by atoms with E-state index in [1.807, 2.05) is 6.07 Å². The molecule has 7 heteroatoms. The molecule has 0 unspecified atom stereocenters. The molecule has 0 aliphatic carbocycles. The predicted molar refractivity (Wildman–Crippen MR) is 84.6 cm³/mol. The lowest BCUT2D eigenvalue weighted by molar-refractivity contribution is 0.174. The van der Waals surface area contributed by atoms with Gasteiger partial charge >= 0.3 is 0 Å². The van der Waals surface area contributed by atoms with Gasteiger partial charge in [-0.1, -0.05) is 11.6 Å². The van der Waals surface area contributed by atoms with Gasteiger partial charge in [-0.15, -0.1) is 11.3 Å². The molecule has 0 bridgehead atoms. The van der Waals surface area contributed by atoms with Gasteiger partial charge in [0.25, 0.3) is 0 Å². The van der Waals surface area contributed by atoms with E-state index in [4.69, 9.17) is 21.1 Å². The van der Waals surface area contributed by atoms with Gasteiger partial charge in [-0.3, -0.25) is 0 Å². The first-order chi connectivity index (χ1) is 9.13. The number of anilines is 1. The van der Waals surface area contributed by atoms with Gasteiger partial charge in [0.1, 0.15) is 0 Å². The maximum absolute atomic E-state index is 6.20. The molecule has 2 aromatic rings. The molecule has 0 saturated carbocycles. The zero-order valence-electron chi connectivity index (χ0n) is 9.50. The van der Waals surface area contributed by atoms with Crippen LogP contribution in [0.1, 0.15) is 4.88 Å². The third-order valence-corrected chi connectivity index (χ3v) is 6.18. The zero-order valence-corrected chi connectivity index (χ0v) is 14.2. The Labute approximate surface area is 136 Å². The Balaban J connectivity index is 1.76. The molecule has 1 N–H and O–H groups in total. The highest BCUT2D eigenvalue weighted by atomic mass is 79.9. The highest BCUT2D eigenvalue weighted by molar-refractivity contribution is 9.13. The lowest BCUT2D eigenvalue weighted by atomic mass is 10.2. The second-order valence-corrected chi connectivity index (χ2v) is 7.59. The first kappa shape index (κ1) is 13.5. The molecule has 0 amide bonds. The van der Waals surface area contributed by atoms with Crippen molar-refractivity contribution in [3.63, 3.8) is 0 Å². The van der Waals surface area contributed by atoms with Crippen LogP contribution >= 0.6 is 54.8 Å². The first-order valence-electron chi connectivity index (χ1n) is 5.40. The van der Waals surface area contributed by atoms with Gasteiger partial charge in [-0.05, 0) is 37.9 Å². The molecule has 0 fully saturated rings. The van der Waals surface area contributed by atoms with Gasteiger partial charge in [-0.2, -0.15) is 0 Å². The fourth-order valence-electron chi connectivity index (χ4n) is 1.71. The molecule has 0 atom stereocenters. The third-order valence-electron chi connectivity index (χ3n) is 2.61. The fraction of sp³-hybridized carbons (Fsp3) is 0.167. The number of hydrogen-bond acceptors (Lipinski definition) is 4. The highest BCUT2D eigenvalue weighted by Crippen LogP contribution is 2.39. The number of thiophene rings is 1. The van der Waals surface area contributed by atoms with Gasteiger partial charge in [0.2, 0.25) is 6.79 Å². The Hall–Kier alpha value is -0.430. The van der Waals surface area contributed by atoms with Crippen LogP contribution in [0.5, 0.6) is 11.5 Å². The maximum Gasteiger partial charge on any atom is 0.231 e. The Morgan fingerprint density at radius 2 is 1.95 bits per heavy atom. The standard InChI is InChI=1S/C12H8Br2ClNO2S/c13-7-1-6(19-12(7)14)4-16-9-3-11-10(2-8(9)15)17-5-18-11/h1-3,16H,4-5H2. The second kappa shape index (κ2) is 5.52. The molecule has 3 nitrogen and oxygen atoms in total. The number of fused-ring (bicyclic) bond motifs is 1. The molecular weight excluding hydrogens is 417 g/mol. The van der Waals surface area contributed by atoms with Crippen LogP contribution in [0.25, 0.3) is 0 Å². The van der Waals surface area contributed by atoms with Gasteiger partial charge < -0.3 is 14.8 Å². The van der Waals surface area contributed by atoms with Crippen LogP contribution in [0.2, 0.25) is 5.02 Å². The molecule has 1 aromatic carbocycles. The summed E-state index contributed by atoms with van der Waals surface area (Å²) in [5, 5.41) is 3.92. The Morgan fingerprint density at radius 1 is 1.21 bits per heavy atom. The van der Waals surface area contributed by atoms with E-state index in [9.17, 15) is 0 Å². The van der Waals surface area contributed by atoms with Crippen molar-refractivity contribution in [3.8, 4) is 11.5 Å². The summed E-state index contributed by atoms with van der Waals surface area (Å²) in [6, 6.07) is 5.71. The van der Waals surface area contributed by atoms with E-state index in [1.54, 1.807) is 17.4 Å². The van der Waals surface area contributed by atoms with Crippen molar-refractivity contribution in [1.29, 1.82) is 0 Å². The summed E-state index contributed by atoms with van der Waals surface area (Å²) in [4.78, 5) is 1.20. The summed E-state index contributed by atoms with van der Waals surface area (Å²) in [7, 11) is 0. The van der Waals surface area contributed by atoms with E-state index >= 15 is 0 Å². The molecule has 100 valence electrons. The average molecular weight is 426 g/mol. The minimum absolute atomic E-state index is 0.250. The lowest BCUT2D eigenvalue weighted by Crippen LogP contribution is -1.98. The Kier molecular flexibility index (Phi) is 3.93. The number of benzene rings is 1. The van der Waals surface area contributed by atoms with Gasteiger partial charge in [0, 0.05) is 28.0 Å². The van der Waals surface area contributed by atoms with Crippen molar-refractivity contribution in [1.82, 2.24) is 0 Å². The maximum atomic E-state index is 6.20. The Bertz CT molecular complexity index is 613. The molecule has 1 aromatic heterocycles. The number of hydrogen-bond donors (Lipinski definition) is 1. The van der Waals surface area contributed by atoms with Crippen LogP contribution in [0.15, 0.2) is 26.5 Å². The zero-order chi connectivity index (χ0) is 13.4. The van der Waals surface area contributed by atoms with Gasteiger partial charge in [-0.25, -0.2) is 0 Å². The summed E-state index contributed by atoms with van der Waals surface area (Å²) in [5.41, 5.74) is 0.839. The number of nitrogens with one attached hydrogen (secondary N) is 1. The molecule has 1 aliphatic heterocycles. The number of rotatable bonds is 3. The molecule has 19 heavy (non-hydrogen) atoms. The van der Waals surface area contributed by atoms with Crippen LogP contribution in [-0.2, 0) is 6.54 Å². The van der Waals surface area contributed by atoms with Crippen LogP contribution in [0.4, 0.5) is 5.69 Å². The van der Waals surface area contributed by atoms with Crippen molar-refractivity contribution in [2.45, 2.75) is 6.54 Å². The number of halogens is 3. The average Bonchev–Trinajstić information content (AvgIpc) is 2.93. The van der Waals surface area contributed by atoms with E-state index in [2.05, 4.69) is 43.2 Å². The minimum atomic E-state index is 0.250. The van der Waals surface area contributed by atoms with E-state index < -0.39 is 0 Å². The number of ether oxygens (including phenoxy) is 2. The smallest absolute Gasteiger partial charge is 0.231 e. The minimum Gasteiger partial charge on any atom is -0.454 e. The van der Waals surface area contributed by atoms with Crippen molar-refractivity contribution < 1.29 is 9.47 Å². The largest absolute Gasteiger partial charge is 0.454 e. The van der Waals surface area contributed by atoms with Gasteiger partial charge in [0.05, 0.1) is 14.5 Å². The van der Waals surface area contributed by atoms with E-state index in [1.165, 1.54) is 4.88 Å². The molecular formula is C12H8Br2ClNO2S. The summed E-state index contributed by atoms with van der Waals surface area (Å²) >= 11 is 14.8. The molecule has 2 heterocycles. The quantitative estimate of drug-likeness (QED) is 0.727. The van der Waals surface area contributed by atoms with Crippen LogP contribution in [0, 0.1) is 0 Å². The monoisotopic (exact) mass is 423 g/mol. The highest BCUT2D eigenvalue weighted by Gasteiger charge is 2.16. The van der Waals surface area contributed by atoms with Crippen molar-refractivity contribution in [3.05, 3.63) is 36.4 Å². The Morgan fingerprint density at radius 3 is 2.63 bits per heavy atom. The summed E-state index contributed by atoms with van der Waals surface area (Å²) in [6.45, 7) is 0.953. The van der Waals surface area contributed by atoms with Crippen molar-refractivity contribution in [2.75, 3.05) is 12.1 Å². The van der Waals surface area contributed by atoms with Crippen molar-refractivity contribution in [2.24, 2.45) is 0 Å². The topological polar surface area (TPSA) is 30.5 Å². The first-order valence-corrected chi connectivity index (χ1v) is 8.18. The van der Waals surface area contributed by atoms with E-state index in [0.29, 0.717) is 17.3 Å². The molecule has 0 radical (unpaired) electrons. The SMILES string of the molecule is Clc1cc2c(cc1NCc1cc(Br)c(Br)s1)OCO2. The summed E-state index contributed by atoms with van der Waals surface area (Å²) in [5.74, 6) is 1.41. The fourth-order valence-corrected chi connectivity index (χ4v) is 4.05. The lowest BCUT2D eigenvalue weighted by Gasteiger charge is -2.08. The van der Waals surface area contributed by atoms with Crippen LogP contribution in [-0.4, -0.2) is 6.79 Å². The summed E-state index contributed by atoms with van der Waals surface area (Å²) in [6.07, 6.45) is 0. The van der Waals surface area contributed by atoms with Crippen LogP contribution in [0.3, 0.4) is 0 Å². The normalized spacial score (nSPS) is 12.8. The molecule has 3 rings (SSSR count). The van der Waals surface area contributed by atoms with Crippen molar-refractivity contribution >= 4 is 60.5 Å². The van der Waals surface area contributed by atoms with Gasteiger partial charge in [0.15, 0.2) is 11.5 Å².